The summed E-state index contributed by atoms with van der Waals surface area (Å²) in [5, 5.41) is 3.63. The summed E-state index contributed by atoms with van der Waals surface area (Å²) in [4.78, 5) is 22.5. The zero-order valence-electron chi connectivity index (χ0n) is 16.8. The van der Waals surface area contributed by atoms with E-state index < -0.39 is 5.91 Å². The van der Waals surface area contributed by atoms with Crippen LogP contribution in [0.1, 0.15) is 29.4 Å². The van der Waals surface area contributed by atoms with Crippen LogP contribution in [0.15, 0.2) is 28.8 Å². The van der Waals surface area contributed by atoms with Gasteiger partial charge < -0.3 is 19.9 Å². The van der Waals surface area contributed by atoms with Crippen LogP contribution in [0.3, 0.4) is 0 Å². The number of carbonyl (C=O) groups is 1. The molecule has 2 aromatic rings. The Balaban J connectivity index is 1.32. The van der Waals surface area contributed by atoms with Gasteiger partial charge in [-0.25, -0.2) is 0 Å². The fraction of sp³-hybridized carbons (Fsp3) is 0.550. The van der Waals surface area contributed by atoms with E-state index in [1.165, 1.54) is 12.1 Å². The van der Waals surface area contributed by atoms with Crippen LogP contribution in [0.2, 0.25) is 0 Å². The van der Waals surface area contributed by atoms with Crippen molar-refractivity contribution in [2.75, 3.05) is 51.3 Å². The van der Waals surface area contributed by atoms with Crippen molar-refractivity contribution in [3.8, 4) is 5.75 Å². The highest BCUT2D eigenvalue weighted by molar-refractivity contribution is 5.88. The van der Waals surface area contributed by atoms with Gasteiger partial charge in [0.05, 0.1) is 19.3 Å². The van der Waals surface area contributed by atoms with E-state index in [1.807, 2.05) is 12.1 Å². The first-order valence-corrected chi connectivity index (χ1v) is 10.1. The van der Waals surface area contributed by atoms with Gasteiger partial charge in [0.15, 0.2) is 0 Å². The molecule has 2 aliphatic heterocycles. The number of piperidine rings is 1. The third-order valence-corrected chi connectivity index (χ3v) is 5.78. The molecule has 2 fully saturated rings. The van der Waals surface area contributed by atoms with Crippen molar-refractivity contribution in [2.45, 2.75) is 25.4 Å². The second kappa shape index (κ2) is 8.79. The van der Waals surface area contributed by atoms with E-state index in [4.69, 9.17) is 15.0 Å². The van der Waals surface area contributed by atoms with Crippen LogP contribution >= 0.6 is 0 Å². The summed E-state index contributed by atoms with van der Waals surface area (Å²) in [5.41, 5.74) is 6.36. The lowest BCUT2D eigenvalue weighted by atomic mass is 10.0. The maximum Gasteiger partial charge on any atom is 0.290 e. The quantitative estimate of drug-likeness (QED) is 0.765. The monoisotopic (exact) mass is 400 g/mol. The third kappa shape index (κ3) is 4.51. The van der Waals surface area contributed by atoms with E-state index in [9.17, 15) is 4.79 Å². The minimum Gasteiger partial charge on any atom is -0.495 e. The summed E-state index contributed by atoms with van der Waals surface area (Å²) in [6, 6.07) is 8.72. The molecule has 156 valence electrons. The normalized spacial score (nSPS) is 21.3. The number of ether oxygens (including phenoxy) is 1. The number of nitrogens with zero attached hydrogens (tertiary/aromatic N) is 5. The van der Waals surface area contributed by atoms with E-state index in [1.54, 1.807) is 7.11 Å². The summed E-state index contributed by atoms with van der Waals surface area (Å²) in [6.45, 7) is 6.55. The smallest absolute Gasteiger partial charge is 0.290 e. The highest BCUT2D eigenvalue weighted by Gasteiger charge is 2.29. The minimum absolute atomic E-state index is 0.0546. The second-order valence-electron chi connectivity index (χ2n) is 7.60. The number of piperazine rings is 1. The lowest BCUT2D eigenvalue weighted by Crippen LogP contribution is -2.55. The summed E-state index contributed by atoms with van der Waals surface area (Å²) < 4.78 is 10.7. The Labute approximate surface area is 170 Å². The lowest BCUT2D eigenvalue weighted by Gasteiger charge is -2.43. The molecule has 3 heterocycles. The van der Waals surface area contributed by atoms with Crippen molar-refractivity contribution in [2.24, 2.45) is 5.73 Å². The van der Waals surface area contributed by atoms with E-state index in [0.29, 0.717) is 18.5 Å². The van der Waals surface area contributed by atoms with Crippen LogP contribution in [0.5, 0.6) is 5.75 Å². The molecule has 0 radical (unpaired) electrons. The van der Waals surface area contributed by atoms with E-state index in [0.717, 1.165) is 51.4 Å². The van der Waals surface area contributed by atoms with E-state index in [2.05, 4.69) is 37.0 Å². The predicted octanol–water partition coefficient (Wildman–Crippen LogP) is 0.964. The molecule has 0 aliphatic carbocycles. The average Bonchev–Trinajstić information content (AvgIpc) is 3.23. The van der Waals surface area contributed by atoms with Gasteiger partial charge in [-0.1, -0.05) is 17.3 Å². The average molecular weight is 400 g/mol. The minimum atomic E-state index is -0.663. The number of nitrogens with two attached hydrogens (primary N) is 1. The van der Waals surface area contributed by atoms with Gasteiger partial charge in [0.25, 0.3) is 11.7 Å². The third-order valence-electron chi connectivity index (χ3n) is 5.78. The molecule has 1 atom stereocenters. The zero-order valence-corrected chi connectivity index (χ0v) is 16.8. The van der Waals surface area contributed by atoms with Crippen molar-refractivity contribution < 1.29 is 14.1 Å². The standard InChI is InChI=1S/C20H28N6O3/c1-28-17-7-3-2-6-16(17)26-11-9-25(10-12-26)15-5-4-8-24(13-15)14-18-22-20(19(21)27)23-29-18/h2-3,6-7,15H,4-5,8-14H2,1H3,(H2,21,27). The highest BCUT2D eigenvalue weighted by Crippen LogP contribution is 2.29. The van der Waals surface area contributed by atoms with Crippen LogP contribution in [0, 0.1) is 0 Å². The molecule has 1 amide bonds. The summed E-state index contributed by atoms with van der Waals surface area (Å²) in [5.74, 6) is 0.658. The molecule has 9 heteroatoms. The van der Waals surface area contributed by atoms with E-state index >= 15 is 0 Å². The lowest BCUT2D eigenvalue weighted by molar-refractivity contribution is 0.0825. The van der Waals surface area contributed by atoms with Crippen molar-refractivity contribution in [1.82, 2.24) is 19.9 Å². The molecule has 29 heavy (non-hydrogen) atoms. The van der Waals surface area contributed by atoms with Crippen molar-refractivity contribution in [3.05, 3.63) is 36.0 Å². The van der Waals surface area contributed by atoms with Gasteiger partial charge in [0.2, 0.25) is 5.89 Å². The number of hydrogen-bond donors (Lipinski definition) is 1. The molecule has 1 aromatic heterocycles. The molecule has 2 N–H and O–H groups in total. The van der Waals surface area contributed by atoms with Gasteiger partial charge in [0.1, 0.15) is 5.75 Å². The number of rotatable bonds is 6. The number of methoxy groups -OCH3 is 1. The number of anilines is 1. The number of aromatic nitrogens is 2. The topological polar surface area (TPSA) is 101 Å². The Bertz CT molecular complexity index is 833. The van der Waals surface area contributed by atoms with Crippen molar-refractivity contribution >= 4 is 11.6 Å². The molecular weight excluding hydrogens is 372 g/mol. The summed E-state index contributed by atoms with van der Waals surface area (Å²) in [6.07, 6.45) is 2.33. The fourth-order valence-electron chi connectivity index (χ4n) is 4.30. The molecule has 1 aromatic carbocycles. The largest absolute Gasteiger partial charge is 0.495 e. The number of amides is 1. The Hall–Kier alpha value is -2.65. The van der Waals surface area contributed by atoms with Gasteiger partial charge in [-0.3, -0.25) is 14.6 Å². The first-order chi connectivity index (χ1) is 14.1. The van der Waals surface area contributed by atoms with Crippen LogP contribution in [-0.2, 0) is 6.54 Å². The Morgan fingerprint density at radius 3 is 2.76 bits per heavy atom. The summed E-state index contributed by atoms with van der Waals surface area (Å²) in [7, 11) is 1.72. The molecule has 9 nitrogen and oxygen atoms in total. The molecule has 0 saturated carbocycles. The molecule has 1 unspecified atom stereocenters. The number of carbonyl (C=O) groups excluding carboxylic acids is 1. The van der Waals surface area contributed by atoms with Crippen LogP contribution in [0.4, 0.5) is 5.69 Å². The van der Waals surface area contributed by atoms with Gasteiger partial charge in [-0.05, 0) is 31.5 Å². The number of likely N-dealkylation sites (tertiary alicyclic amines) is 1. The number of hydrogen-bond acceptors (Lipinski definition) is 8. The second-order valence-corrected chi connectivity index (χ2v) is 7.60. The predicted molar refractivity (Wildman–Crippen MR) is 108 cm³/mol. The van der Waals surface area contributed by atoms with Crippen LogP contribution in [0.25, 0.3) is 0 Å². The maximum atomic E-state index is 11.1. The van der Waals surface area contributed by atoms with E-state index in [-0.39, 0.29) is 5.82 Å². The van der Waals surface area contributed by atoms with Gasteiger partial charge >= 0.3 is 0 Å². The van der Waals surface area contributed by atoms with Crippen molar-refractivity contribution in [1.29, 1.82) is 0 Å². The molecule has 2 saturated heterocycles. The van der Waals surface area contributed by atoms with Crippen LogP contribution < -0.4 is 15.4 Å². The Morgan fingerprint density at radius 1 is 1.24 bits per heavy atom. The fourth-order valence-corrected chi connectivity index (χ4v) is 4.30. The Kier molecular flexibility index (Phi) is 5.96. The zero-order chi connectivity index (χ0) is 20.2. The molecular formula is C20H28N6O3. The maximum absolute atomic E-state index is 11.1. The highest BCUT2D eigenvalue weighted by atomic mass is 16.5. The summed E-state index contributed by atoms with van der Waals surface area (Å²) >= 11 is 0. The van der Waals surface area contributed by atoms with Crippen LogP contribution in [-0.4, -0.2) is 78.3 Å². The molecule has 2 aliphatic rings. The number of benzene rings is 1. The molecule has 0 bridgehead atoms. The first kappa shape index (κ1) is 19.7. The Morgan fingerprint density at radius 2 is 2.03 bits per heavy atom. The van der Waals surface area contributed by atoms with Gasteiger partial charge in [0, 0.05) is 38.8 Å². The molecule has 0 spiro atoms. The first-order valence-electron chi connectivity index (χ1n) is 10.1. The number of primary amides is 1. The number of para-hydroxylation sites is 2. The molecule has 4 rings (SSSR count). The van der Waals surface area contributed by atoms with Crippen molar-refractivity contribution in [3.63, 3.8) is 0 Å². The SMILES string of the molecule is COc1ccccc1N1CCN(C2CCCN(Cc3nc(C(N)=O)no3)C2)CC1. The van der Waals surface area contributed by atoms with Gasteiger partial charge in [-0.15, -0.1) is 0 Å². The van der Waals surface area contributed by atoms with Gasteiger partial charge in [-0.2, -0.15) is 4.98 Å².